The third-order valence-corrected chi connectivity index (χ3v) is 3.89. The molecular formula is C13H15BrClNO2. The van der Waals surface area contributed by atoms with Crippen LogP contribution in [-0.2, 0) is 4.74 Å². The topological polar surface area (TPSA) is 38.3 Å². The lowest BCUT2D eigenvalue weighted by Gasteiger charge is -2.22. The van der Waals surface area contributed by atoms with Crippen LogP contribution in [0, 0.1) is 5.92 Å². The van der Waals surface area contributed by atoms with Crippen LogP contribution in [0.1, 0.15) is 23.2 Å². The molecule has 0 aliphatic carbocycles. The van der Waals surface area contributed by atoms with Crippen molar-refractivity contribution in [1.29, 1.82) is 0 Å². The van der Waals surface area contributed by atoms with E-state index in [4.69, 9.17) is 16.3 Å². The van der Waals surface area contributed by atoms with Gasteiger partial charge in [0.25, 0.3) is 5.91 Å². The van der Waals surface area contributed by atoms with Crippen LogP contribution in [0.15, 0.2) is 22.7 Å². The van der Waals surface area contributed by atoms with Crippen molar-refractivity contribution in [2.45, 2.75) is 12.8 Å². The van der Waals surface area contributed by atoms with E-state index in [1.807, 2.05) is 6.07 Å². The Kier molecular flexibility index (Phi) is 5.03. The summed E-state index contributed by atoms with van der Waals surface area (Å²) < 4.78 is 6.14. The van der Waals surface area contributed by atoms with Crippen LogP contribution in [0.3, 0.4) is 0 Å². The number of benzene rings is 1. The minimum atomic E-state index is -0.118. The highest BCUT2D eigenvalue weighted by Gasteiger charge is 2.16. The highest BCUT2D eigenvalue weighted by Crippen LogP contribution is 2.21. The summed E-state index contributed by atoms with van der Waals surface area (Å²) in [5.74, 6) is 0.390. The molecule has 0 unspecified atom stereocenters. The number of nitrogens with one attached hydrogen (secondary N) is 1. The van der Waals surface area contributed by atoms with Gasteiger partial charge < -0.3 is 10.1 Å². The van der Waals surface area contributed by atoms with Gasteiger partial charge in [-0.2, -0.15) is 0 Å². The number of hydrogen-bond acceptors (Lipinski definition) is 2. The highest BCUT2D eigenvalue weighted by molar-refractivity contribution is 9.10. The van der Waals surface area contributed by atoms with Gasteiger partial charge in [-0.05, 0) is 37.0 Å². The van der Waals surface area contributed by atoms with Crippen molar-refractivity contribution in [3.63, 3.8) is 0 Å². The quantitative estimate of drug-likeness (QED) is 0.922. The Hall–Kier alpha value is -0.580. The summed E-state index contributed by atoms with van der Waals surface area (Å²) in [6, 6.07) is 5.27. The summed E-state index contributed by atoms with van der Waals surface area (Å²) in [6.45, 7) is 2.27. The summed E-state index contributed by atoms with van der Waals surface area (Å²) in [5.41, 5.74) is 0.512. The molecule has 1 fully saturated rings. The van der Waals surface area contributed by atoms with Crippen molar-refractivity contribution < 1.29 is 9.53 Å². The fourth-order valence-corrected chi connectivity index (χ4v) is 2.52. The maximum Gasteiger partial charge on any atom is 0.252 e. The lowest BCUT2D eigenvalue weighted by atomic mass is 10.0. The first kappa shape index (κ1) is 13.8. The van der Waals surface area contributed by atoms with Crippen molar-refractivity contribution in [2.24, 2.45) is 5.92 Å². The van der Waals surface area contributed by atoms with Crippen molar-refractivity contribution in [3.8, 4) is 0 Å². The molecule has 0 radical (unpaired) electrons. The van der Waals surface area contributed by atoms with Crippen molar-refractivity contribution in [1.82, 2.24) is 5.32 Å². The summed E-state index contributed by atoms with van der Waals surface area (Å²) >= 11 is 9.35. The van der Waals surface area contributed by atoms with Gasteiger partial charge in [-0.15, -0.1) is 0 Å². The number of amides is 1. The molecule has 0 aromatic heterocycles. The molecule has 1 aromatic carbocycles. The molecule has 3 nitrogen and oxygen atoms in total. The number of carbonyl (C=O) groups excluding carboxylic acids is 1. The third-order valence-electron chi connectivity index (χ3n) is 3.07. The van der Waals surface area contributed by atoms with Crippen LogP contribution in [0.4, 0.5) is 0 Å². The number of ether oxygens (including phenoxy) is 1. The molecule has 1 saturated heterocycles. The Bertz CT molecular complexity index is 433. The van der Waals surface area contributed by atoms with Gasteiger partial charge in [0.2, 0.25) is 0 Å². The molecule has 0 saturated carbocycles. The minimum absolute atomic E-state index is 0.118. The monoisotopic (exact) mass is 331 g/mol. The highest BCUT2D eigenvalue weighted by atomic mass is 79.9. The van der Waals surface area contributed by atoms with Gasteiger partial charge in [0.05, 0.1) is 10.6 Å². The van der Waals surface area contributed by atoms with Crippen LogP contribution >= 0.6 is 27.5 Å². The molecular weight excluding hydrogens is 318 g/mol. The predicted molar refractivity (Wildman–Crippen MR) is 75.0 cm³/mol. The Morgan fingerprint density at radius 2 is 2.17 bits per heavy atom. The molecule has 1 heterocycles. The SMILES string of the molecule is O=C(NCC1CCOCC1)c1cc(Br)ccc1Cl. The number of carbonyl (C=O) groups is 1. The maximum absolute atomic E-state index is 12.0. The molecule has 0 atom stereocenters. The van der Waals surface area contributed by atoms with Crippen molar-refractivity contribution in [3.05, 3.63) is 33.3 Å². The molecule has 1 N–H and O–H groups in total. The zero-order chi connectivity index (χ0) is 13.0. The molecule has 5 heteroatoms. The van der Waals surface area contributed by atoms with Gasteiger partial charge in [0.1, 0.15) is 0 Å². The van der Waals surface area contributed by atoms with Gasteiger partial charge in [-0.3, -0.25) is 4.79 Å². The third kappa shape index (κ3) is 3.70. The fraction of sp³-hybridized carbons (Fsp3) is 0.462. The number of hydrogen-bond donors (Lipinski definition) is 1. The van der Waals surface area contributed by atoms with Gasteiger partial charge in [-0.25, -0.2) is 0 Å². The summed E-state index contributed by atoms with van der Waals surface area (Å²) in [4.78, 5) is 12.0. The zero-order valence-electron chi connectivity index (χ0n) is 9.92. The molecule has 18 heavy (non-hydrogen) atoms. The Morgan fingerprint density at radius 1 is 1.44 bits per heavy atom. The molecule has 1 aliphatic rings. The second-order valence-electron chi connectivity index (χ2n) is 4.39. The molecule has 0 spiro atoms. The summed E-state index contributed by atoms with van der Waals surface area (Å²) in [5, 5.41) is 3.41. The molecule has 1 aromatic rings. The second-order valence-corrected chi connectivity index (χ2v) is 5.71. The first-order chi connectivity index (χ1) is 8.66. The van der Waals surface area contributed by atoms with E-state index in [0.717, 1.165) is 30.5 Å². The van der Waals surface area contributed by atoms with E-state index in [9.17, 15) is 4.79 Å². The van der Waals surface area contributed by atoms with Crippen LogP contribution in [0.25, 0.3) is 0 Å². The van der Waals surface area contributed by atoms with Gasteiger partial charge in [0, 0.05) is 24.2 Å². The van der Waals surface area contributed by atoms with Crippen LogP contribution < -0.4 is 5.32 Å². The first-order valence-corrected chi connectivity index (χ1v) is 7.15. The molecule has 0 bridgehead atoms. The smallest absolute Gasteiger partial charge is 0.252 e. The van der Waals surface area contributed by atoms with Crippen molar-refractivity contribution >= 4 is 33.4 Å². The van der Waals surface area contributed by atoms with Crippen LogP contribution in [0.2, 0.25) is 5.02 Å². The van der Waals surface area contributed by atoms with Gasteiger partial charge in [-0.1, -0.05) is 27.5 Å². The van der Waals surface area contributed by atoms with E-state index in [1.165, 1.54) is 0 Å². The van der Waals surface area contributed by atoms with Crippen LogP contribution in [0.5, 0.6) is 0 Å². The molecule has 1 amide bonds. The largest absolute Gasteiger partial charge is 0.381 e. The Morgan fingerprint density at radius 3 is 2.89 bits per heavy atom. The average Bonchev–Trinajstić information content (AvgIpc) is 2.40. The zero-order valence-corrected chi connectivity index (χ0v) is 12.3. The van der Waals surface area contributed by atoms with E-state index in [1.54, 1.807) is 12.1 Å². The Balaban J connectivity index is 1.92. The molecule has 98 valence electrons. The first-order valence-electron chi connectivity index (χ1n) is 5.98. The number of rotatable bonds is 3. The Labute approximate surface area is 120 Å². The average molecular weight is 333 g/mol. The van der Waals surface area contributed by atoms with E-state index in [2.05, 4.69) is 21.2 Å². The van der Waals surface area contributed by atoms with Crippen LogP contribution in [-0.4, -0.2) is 25.7 Å². The van der Waals surface area contributed by atoms with Gasteiger partial charge in [0.15, 0.2) is 0 Å². The molecule has 1 aliphatic heterocycles. The minimum Gasteiger partial charge on any atom is -0.381 e. The summed E-state index contributed by atoms with van der Waals surface area (Å²) in [7, 11) is 0. The standard InChI is InChI=1S/C13H15BrClNO2/c14-10-1-2-12(15)11(7-10)13(17)16-8-9-3-5-18-6-4-9/h1-2,7,9H,3-6,8H2,(H,16,17). The maximum atomic E-state index is 12.0. The van der Waals surface area contributed by atoms with E-state index in [0.29, 0.717) is 23.0 Å². The predicted octanol–water partition coefficient (Wildman–Crippen LogP) is 3.26. The number of halogens is 2. The normalized spacial score (nSPS) is 16.6. The van der Waals surface area contributed by atoms with E-state index < -0.39 is 0 Å². The van der Waals surface area contributed by atoms with Gasteiger partial charge >= 0.3 is 0 Å². The second kappa shape index (κ2) is 6.55. The molecule has 2 rings (SSSR count). The van der Waals surface area contributed by atoms with E-state index >= 15 is 0 Å². The lowest BCUT2D eigenvalue weighted by molar-refractivity contribution is 0.0642. The lowest BCUT2D eigenvalue weighted by Crippen LogP contribution is -2.32. The summed E-state index contributed by atoms with van der Waals surface area (Å²) in [6.07, 6.45) is 2.01. The fourth-order valence-electron chi connectivity index (χ4n) is 1.95. The van der Waals surface area contributed by atoms with Crippen molar-refractivity contribution in [2.75, 3.05) is 19.8 Å². The van der Waals surface area contributed by atoms with E-state index in [-0.39, 0.29) is 5.91 Å².